The minimum atomic E-state index is -3.11. The molecule has 0 aromatic heterocycles. The zero-order valence-corrected chi connectivity index (χ0v) is 12.4. The molecule has 0 aliphatic rings. The van der Waals surface area contributed by atoms with E-state index in [2.05, 4.69) is 6.92 Å². The molecule has 0 fully saturated rings. The smallest absolute Gasteiger partial charge is 0.158 e. The van der Waals surface area contributed by atoms with Crippen LogP contribution in [0.2, 0.25) is 0 Å². The van der Waals surface area contributed by atoms with Gasteiger partial charge in [0.2, 0.25) is 0 Å². The van der Waals surface area contributed by atoms with E-state index >= 15 is 0 Å². The third-order valence-corrected chi connectivity index (χ3v) is 5.43. The molecule has 0 saturated carbocycles. The standard InChI is InChI=1S/C14H22O3S/c1-5-12-7-6-8-13(11-12)17-9-10-18(15,16)14(2,3)4/h6-8,11H,5,9-10H2,1-4H3. The van der Waals surface area contributed by atoms with Gasteiger partial charge in [-0.1, -0.05) is 19.1 Å². The van der Waals surface area contributed by atoms with Gasteiger partial charge in [0.15, 0.2) is 9.84 Å². The number of sulfone groups is 1. The summed E-state index contributed by atoms with van der Waals surface area (Å²) in [6, 6.07) is 7.75. The van der Waals surface area contributed by atoms with Crippen LogP contribution < -0.4 is 4.74 Å². The Labute approximate surface area is 110 Å². The van der Waals surface area contributed by atoms with Crippen LogP contribution in [0.15, 0.2) is 24.3 Å². The van der Waals surface area contributed by atoms with E-state index in [-0.39, 0.29) is 12.4 Å². The van der Waals surface area contributed by atoms with Gasteiger partial charge in [-0.3, -0.25) is 0 Å². The summed E-state index contributed by atoms with van der Waals surface area (Å²) in [5.74, 6) is 0.783. The van der Waals surface area contributed by atoms with Crippen molar-refractivity contribution in [3.63, 3.8) is 0 Å². The molecule has 0 heterocycles. The second kappa shape index (κ2) is 5.74. The lowest BCUT2D eigenvalue weighted by Gasteiger charge is -2.19. The summed E-state index contributed by atoms with van der Waals surface area (Å²) in [7, 11) is -3.11. The molecule has 0 N–H and O–H groups in total. The summed E-state index contributed by atoms with van der Waals surface area (Å²) in [6.45, 7) is 7.40. The maximum atomic E-state index is 11.9. The Balaban J connectivity index is 2.57. The third kappa shape index (κ3) is 4.02. The van der Waals surface area contributed by atoms with Gasteiger partial charge < -0.3 is 4.74 Å². The van der Waals surface area contributed by atoms with Crippen molar-refractivity contribution in [3.05, 3.63) is 29.8 Å². The number of hydrogen-bond acceptors (Lipinski definition) is 3. The second-order valence-corrected chi connectivity index (χ2v) is 8.14. The van der Waals surface area contributed by atoms with Gasteiger partial charge in [0.1, 0.15) is 12.4 Å². The van der Waals surface area contributed by atoms with Crippen LogP contribution in [0.1, 0.15) is 33.3 Å². The minimum Gasteiger partial charge on any atom is -0.493 e. The second-order valence-electron chi connectivity index (χ2n) is 5.28. The van der Waals surface area contributed by atoms with Crippen molar-refractivity contribution in [2.45, 2.75) is 38.9 Å². The Bertz CT molecular complexity index is 484. The lowest BCUT2D eigenvalue weighted by atomic mass is 10.2. The van der Waals surface area contributed by atoms with Crippen LogP contribution in [-0.2, 0) is 16.3 Å². The fraction of sp³-hybridized carbons (Fsp3) is 0.571. The van der Waals surface area contributed by atoms with E-state index < -0.39 is 14.6 Å². The van der Waals surface area contributed by atoms with Crippen molar-refractivity contribution < 1.29 is 13.2 Å². The topological polar surface area (TPSA) is 43.4 Å². The molecule has 0 unspecified atom stereocenters. The number of rotatable bonds is 5. The van der Waals surface area contributed by atoms with E-state index in [4.69, 9.17) is 4.74 Å². The Hall–Kier alpha value is -1.03. The van der Waals surface area contributed by atoms with Crippen LogP contribution in [0.3, 0.4) is 0 Å². The average molecular weight is 270 g/mol. The number of benzene rings is 1. The van der Waals surface area contributed by atoms with Crippen molar-refractivity contribution in [2.75, 3.05) is 12.4 Å². The van der Waals surface area contributed by atoms with Crippen molar-refractivity contribution in [1.29, 1.82) is 0 Å². The van der Waals surface area contributed by atoms with E-state index in [9.17, 15) is 8.42 Å². The van der Waals surface area contributed by atoms with Crippen LogP contribution in [0.5, 0.6) is 5.75 Å². The predicted octanol–water partition coefficient (Wildman–Crippen LogP) is 2.84. The van der Waals surface area contributed by atoms with Gasteiger partial charge in [-0.15, -0.1) is 0 Å². The molecule has 0 radical (unpaired) electrons. The Morgan fingerprint density at radius 1 is 1.22 bits per heavy atom. The highest BCUT2D eigenvalue weighted by atomic mass is 32.2. The number of hydrogen-bond donors (Lipinski definition) is 0. The molecule has 0 spiro atoms. The molecular formula is C14H22O3S. The number of ether oxygens (including phenoxy) is 1. The lowest BCUT2D eigenvalue weighted by Crippen LogP contribution is -2.32. The van der Waals surface area contributed by atoms with Gasteiger partial charge in [-0.05, 0) is 44.9 Å². The maximum absolute atomic E-state index is 11.9. The first-order chi connectivity index (χ1) is 8.26. The van der Waals surface area contributed by atoms with Gasteiger partial charge in [-0.25, -0.2) is 8.42 Å². The fourth-order valence-corrected chi connectivity index (χ4v) is 2.35. The van der Waals surface area contributed by atoms with Crippen LogP contribution in [0.4, 0.5) is 0 Å². The first-order valence-corrected chi connectivity index (χ1v) is 7.85. The van der Waals surface area contributed by atoms with Crippen LogP contribution in [0, 0.1) is 0 Å². The summed E-state index contributed by atoms with van der Waals surface area (Å²) in [5.41, 5.74) is 1.19. The number of aryl methyl sites for hydroxylation is 1. The molecule has 0 amide bonds. The predicted molar refractivity (Wildman–Crippen MR) is 74.9 cm³/mol. The Morgan fingerprint density at radius 2 is 1.89 bits per heavy atom. The molecule has 4 heteroatoms. The van der Waals surface area contributed by atoms with Gasteiger partial charge in [0.25, 0.3) is 0 Å². The molecule has 0 aliphatic heterocycles. The Kier molecular flexibility index (Phi) is 4.79. The van der Waals surface area contributed by atoms with Gasteiger partial charge in [-0.2, -0.15) is 0 Å². The maximum Gasteiger partial charge on any atom is 0.158 e. The summed E-state index contributed by atoms with van der Waals surface area (Å²) >= 11 is 0. The third-order valence-electron chi connectivity index (χ3n) is 2.86. The van der Waals surface area contributed by atoms with Crippen LogP contribution >= 0.6 is 0 Å². The molecule has 0 bridgehead atoms. The molecule has 1 rings (SSSR count). The molecular weight excluding hydrogens is 248 g/mol. The summed E-state index contributed by atoms with van der Waals surface area (Å²) in [4.78, 5) is 0. The van der Waals surface area contributed by atoms with E-state index in [0.717, 1.165) is 12.2 Å². The molecule has 0 saturated heterocycles. The van der Waals surface area contributed by atoms with E-state index in [0.29, 0.717) is 0 Å². The summed E-state index contributed by atoms with van der Waals surface area (Å²) < 4.78 is 28.6. The minimum absolute atomic E-state index is 0.0485. The summed E-state index contributed by atoms with van der Waals surface area (Å²) in [6.07, 6.45) is 0.942. The highest BCUT2D eigenvalue weighted by Gasteiger charge is 2.28. The zero-order valence-electron chi connectivity index (χ0n) is 11.6. The molecule has 102 valence electrons. The first kappa shape index (κ1) is 15.0. The molecule has 1 aromatic carbocycles. The van der Waals surface area contributed by atoms with Gasteiger partial charge in [0, 0.05) is 0 Å². The lowest BCUT2D eigenvalue weighted by molar-refractivity contribution is 0.339. The van der Waals surface area contributed by atoms with Gasteiger partial charge in [0.05, 0.1) is 10.5 Å². The molecule has 0 aliphatic carbocycles. The molecule has 18 heavy (non-hydrogen) atoms. The quantitative estimate of drug-likeness (QED) is 0.826. The fourth-order valence-electron chi connectivity index (χ4n) is 1.43. The first-order valence-electron chi connectivity index (χ1n) is 6.20. The average Bonchev–Trinajstić information content (AvgIpc) is 2.27. The van der Waals surface area contributed by atoms with Crippen molar-refractivity contribution in [1.82, 2.24) is 0 Å². The highest BCUT2D eigenvalue weighted by molar-refractivity contribution is 7.92. The molecule has 0 atom stereocenters. The SMILES string of the molecule is CCc1cccc(OCCS(=O)(=O)C(C)(C)C)c1. The molecule has 1 aromatic rings. The highest BCUT2D eigenvalue weighted by Crippen LogP contribution is 2.17. The van der Waals surface area contributed by atoms with Crippen molar-refractivity contribution in [3.8, 4) is 5.75 Å². The molecule has 3 nitrogen and oxygen atoms in total. The van der Waals surface area contributed by atoms with Gasteiger partial charge >= 0.3 is 0 Å². The van der Waals surface area contributed by atoms with E-state index in [1.165, 1.54) is 5.56 Å². The Morgan fingerprint density at radius 3 is 2.44 bits per heavy atom. The zero-order chi connectivity index (χ0) is 13.8. The van der Waals surface area contributed by atoms with Crippen LogP contribution in [-0.4, -0.2) is 25.5 Å². The van der Waals surface area contributed by atoms with Crippen LogP contribution in [0.25, 0.3) is 0 Å². The van der Waals surface area contributed by atoms with E-state index in [1.54, 1.807) is 20.8 Å². The normalized spacial score (nSPS) is 12.4. The summed E-state index contributed by atoms with van der Waals surface area (Å²) in [5, 5.41) is 0. The monoisotopic (exact) mass is 270 g/mol. The largest absolute Gasteiger partial charge is 0.493 e. The van der Waals surface area contributed by atoms with E-state index in [1.807, 2.05) is 24.3 Å². The van der Waals surface area contributed by atoms with Crippen molar-refractivity contribution in [2.24, 2.45) is 0 Å². The van der Waals surface area contributed by atoms with Crippen molar-refractivity contribution >= 4 is 9.84 Å².